The summed E-state index contributed by atoms with van der Waals surface area (Å²) in [5.74, 6) is -1.15. The van der Waals surface area contributed by atoms with Gasteiger partial charge in [-0.15, -0.1) is 0 Å². The van der Waals surface area contributed by atoms with Crippen molar-refractivity contribution in [1.82, 2.24) is 5.32 Å². The topological polar surface area (TPSA) is 99.2 Å². The summed E-state index contributed by atoms with van der Waals surface area (Å²) in [6.07, 6.45) is 4.27. The van der Waals surface area contributed by atoms with Crippen LogP contribution in [0.3, 0.4) is 0 Å². The van der Waals surface area contributed by atoms with Gasteiger partial charge in [0.05, 0.1) is 12.6 Å². The minimum atomic E-state index is -0.812. The molecule has 1 fully saturated rings. The zero-order chi connectivity index (χ0) is 18.3. The van der Waals surface area contributed by atoms with Crippen LogP contribution in [0.1, 0.15) is 38.5 Å². The van der Waals surface area contributed by atoms with Gasteiger partial charge in [0, 0.05) is 18.7 Å². The first-order valence-corrected chi connectivity index (χ1v) is 8.45. The average molecular weight is 346 g/mol. The molecule has 1 aromatic rings. The number of carbonyl (C=O) groups is 2. The fraction of sp³-hybridized carbons (Fsp3) is 0.500. The monoisotopic (exact) mass is 346 g/mol. The van der Waals surface area contributed by atoms with E-state index in [4.69, 9.17) is 5.73 Å². The minimum absolute atomic E-state index is 0.0255. The maximum atomic E-state index is 13.1. The SMILES string of the molecule is N#CC1(NC(=O)CN(CCC(N)=O)c2ccc(F)cc2)CCCCC1. The lowest BCUT2D eigenvalue weighted by atomic mass is 9.83. The first kappa shape index (κ1) is 18.7. The van der Waals surface area contributed by atoms with Gasteiger partial charge < -0.3 is 16.0 Å². The van der Waals surface area contributed by atoms with Crippen LogP contribution >= 0.6 is 0 Å². The van der Waals surface area contributed by atoms with E-state index in [1.807, 2.05) is 0 Å². The number of nitriles is 1. The van der Waals surface area contributed by atoms with Gasteiger partial charge in [-0.3, -0.25) is 9.59 Å². The molecule has 1 aromatic carbocycles. The number of nitrogens with zero attached hydrogens (tertiary/aromatic N) is 2. The van der Waals surface area contributed by atoms with E-state index in [-0.39, 0.29) is 31.2 Å². The molecule has 2 rings (SSSR count). The van der Waals surface area contributed by atoms with Crippen molar-refractivity contribution in [3.63, 3.8) is 0 Å². The molecule has 0 heterocycles. The van der Waals surface area contributed by atoms with Crippen molar-refractivity contribution in [3.05, 3.63) is 30.1 Å². The first-order valence-electron chi connectivity index (χ1n) is 8.45. The summed E-state index contributed by atoms with van der Waals surface area (Å²) in [6.45, 7) is 0.219. The number of amides is 2. The highest BCUT2D eigenvalue weighted by molar-refractivity contribution is 5.83. The molecule has 0 bridgehead atoms. The van der Waals surface area contributed by atoms with Crippen molar-refractivity contribution >= 4 is 17.5 Å². The second kappa shape index (κ2) is 8.47. The van der Waals surface area contributed by atoms with Crippen molar-refractivity contribution in [2.45, 2.75) is 44.1 Å². The third kappa shape index (κ3) is 5.45. The molecule has 3 N–H and O–H groups in total. The van der Waals surface area contributed by atoms with Gasteiger partial charge in [-0.05, 0) is 37.1 Å². The molecule has 134 valence electrons. The molecule has 0 aromatic heterocycles. The van der Waals surface area contributed by atoms with Crippen molar-refractivity contribution in [2.75, 3.05) is 18.0 Å². The molecule has 0 spiro atoms. The number of nitrogens with one attached hydrogen (secondary N) is 1. The summed E-state index contributed by atoms with van der Waals surface area (Å²) in [5.41, 5.74) is 5.00. The Balaban J connectivity index is 2.06. The second-order valence-corrected chi connectivity index (χ2v) is 6.42. The number of benzene rings is 1. The average Bonchev–Trinajstić information content (AvgIpc) is 2.60. The highest BCUT2D eigenvalue weighted by atomic mass is 19.1. The van der Waals surface area contributed by atoms with Gasteiger partial charge in [-0.25, -0.2) is 4.39 Å². The van der Waals surface area contributed by atoms with Gasteiger partial charge in [0.1, 0.15) is 11.4 Å². The number of hydrogen-bond donors (Lipinski definition) is 2. The van der Waals surface area contributed by atoms with Gasteiger partial charge in [0.15, 0.2) is 0 Å². The van der Waals surface area contributed by atoms with E-state index in [2.05, 4.69) is 11.4 Å². The molecule has 0 unspecified atom stereocenters. The molecule has 1 aliphatic carbocycles. The van der Waals surface area contributed by atoms with Crippen LogP contribution in [-0.2, 0) is 9.59 Å². The summed E-state index contributed by atoms with van der Waals surface area (Å²) < 4.78 is 13.1. The number of anilines is 1. The third-order valence-corrected chi connectivity index (χ3v) is 4.45. The van der Waals surface area contributed by atoms with E-state index in [9.17, 15) is 19.2 Å². The smallest absolute Gasteiger partial charge is 0.240 e. The van der Waals surface area contributed by atoms with Crippen LogP contribution in [0.15, 0.2) is 24.3 Å². The largest absolute Gasteiger partial charge is 0.370 e. The van der Waals surface area contributed by atoms with Crippen molar-refractivity contribution in [3.8, 4) is 6.07 Å². The van der Waals surface area contributed by atoms with E-state index in [1.54, 1.807) is 17.0 Å². The third-order valence-electron chi connectivity index (χ3n) is 4.45. The lowest BCUT2D eigenvalue weighted by Crippen LogP contribution is -2.52. The molecule has 0 aliphatic heterocycles. The fourth-order valence-corrected chi connectivity index (χ4v) is 3.10. The van der Waals surface area contributed by atoms with Gasteiger partial charge >= 0.3 is 0 Å². The van der Waals surface area contributed by atoms with Gasteiger partial charge in [0.2, 0.25) is 11.8 Å². The fourth-order valence-electron chi connectivity index (χ4n) is 3.10. The molecular formula is C18H23FN4O2. The quantitative estimate of drug-likeness (QED) is 0.787. The highest BCUT2D eigenvalue weighted by Gasteiger charge is 2.33. The first-order chi connectivity index (χ1) is 11.9. The molecule has 0 radical (unpaired) electrons. The Hall–Kier alpha value is -2.62. The van der Waals surface area contributed by atoms with E-state index < -0.39 is 11.4 Å². The van der Waals surface area contributed by atoms with Crippen molar-refractivity contribution < 1.29 is 14.0 Å². The Bertz CT molecular complexity index is 648. The summed E-state index contributed by atoms with van der Waals surface area (Å²) in [5, 5.41) is 12.3. The molecule has 1 aliphatic rings. The van der Waals surface area contributed by atoms with Gasteiger partial charge in [-0.2, -0.15) is 5.26 Å². The maximum absolute atomic E-state index is 13.1. The van der Waals surface area contributed by atoms with Crippen LogP contribution in [0.25, 0.3) is 0 Å². The lowest BCUT2D eigenvalue weighted by Gasteiger charge is -2.33. The summed E-state index contributed by atoms with van der Waals surface area (Å²) in [6, 6.07) is 7.92. The predicted molar refractivity (Wildman–Crippen MR) is 92.0 cm³/mol. The Labute approximate surface area is 146 Å². The van der Waals surface area contributed by atoms with E-state index in [0.717, 1.165) is 19.3 Å². The number of rotatable bonds is 7. The lowest BCUT2D eigenvalue weighted by molar-refractivity contribution is -0.122. The number of primary amides is 1. The predicted octanol–water partition coefficient (Wildman–Crippen LogP) is 1.85. The van der Waals surface area contributed by atoms with Crippen LogP contribution in [-0.4, -0.2) is 30.4 Å². The Kier molecular flexibility index (Phi) is 6.34. The van der Waals surface area contributed by atoms with Crippen LogP contribution < -0.4 is 16.0 Å². The molecule has 0 atom stereocenters. The second-order valence-electron chi connectivity index (χ2n) is 6.42. The van der Waals surface area contributed by atoms with Crippen LogP contribution in [0.5, 0.6) is 0 Å². The van der Waals surface area contributed by atoms with Crippen molar-refractivity contribution in [1.29, 1.82) is 5.26 Å². The van der Waals surface area contributed by atoms with Gasteiger partial charge in [-0.1, -0.05) is 19.3 Å². The summed E-state index contributed by atoms with van der Waals surface area (Å²) in [4.78, 5) is 25.2. The number of nitrogens with two attached hydrogens (primary N) is 1. The number of halogens is 1. The summed E-state index contributed by atoms with van der Waals surface area (Å²) >= 11 is 0. The normalized spacial score (nSPS) is 15.8. The Morgan fingerprint density at radius 1 is 1.24 bits per heavy atom. The Morgan fingerprint density at radius 3 is 2.44 bits per heavy atom. The summed E-state index contributed by atoms with van der Waals surface area (Å²) in [7, 11) is 0. The number of carbonyl (C=O) groups excluding carboxylic acids is 2. The van der Waals surface area contributed by atoms with E-state index in [1.165, 1.54) is 12.1 Å². The maximum Gasteiger partial charge on any atom is 0.240 e. The van der Waals surface area contributed by atoms with Crippen LogP contribution in [0.4, 0.5) is 10.1 Å². The Morgan fingerprint density at radius 2 is 1.88 bits per heavy atom. The minimum Gasteiger partial charge on any atom is -0.370 e. The standard InChI is InChI=1S/C18H23FN4O2/c19-14-4-6-15(7-5-14)23(11-8-16(21)24)12-17(25)22-18(13-20)9-2-1-3-10-18/h4-7H,1-3,8-12H2,(H2,21,24)(H,22,25). The zero-order valence-electron chi connectivity index (χ0n) is 14.1. The van der Waals surface area contributed by atoms with Crippen LogP contribution in [0.2, 0.25) is 0 Å². The van der Waals surface area contributed by atoms with E-state index >= 15 is 0 Å². The van der Waals surface area contributed by atoms with E-state index in [0.29, 0.717) is 18.5 Å². The zero-order valence-corrected chi connectivity index (χ0v) is 14.1. The number of hydrogen-bond acceptors (Lipinski definition) is 4. The van der Waals surface area contributed by atoms with Crippen LogP contribution in [0, 0.1) is 17.1 Å². The molecule has 0 saturated heterocycles. The molecule has 6 nitrogen and oxygen atoms in total. The highest BCUT2D eigenvalue weighted by Crippen LogP contribution is 2.27. The molecule has 7 heteroatoms. The molecular weight excluding hydrogens is 323 g/mol. The molecule has 25 heavy (non-hydrogen) atoms. The molecule has 2 amide bonds. The van der Waals surface area contributed by atoms with Gasteiger partial charge in [0.25, 0.3) is 0 Å². The van der Waals surface area contributed by atoms with Crippen molar-refractivity contribution in [2.24, 2.45) is 5.73 Å². The molecule has 1 saturated carbocycles.